The quantitative estimate of drug-likeness (QED) is 0.823. The van der Waals surface area contributed by atoms with Crippen LogP contribution in [-0.2, 0) is 13.6 Å². The van der Waals surface area contributed by atoms with Gasteiger partial charge in [0.2, 0.25) is 0 Å². The van der Waals surface area contributed by atoms with Crippen LogP contribution in [0.5, 0.6) is 0 Å². The van der Waals surface area contributed by atoms with E-state index in [9.17, 15) is 4.79 Å². The number of rotatable bonds is 4. The first-order chi connectivity index (χ1) is 8.74. The molecule has 0 spiro atoms. The Morgan fingerprint density at radius 1 is 1.50 bits per heavy atom. The van der Waals surface area contributed by atoms with Crippen LogP contribution in [0.15, 0.2) is 27.4 Å². The standard InChI is InChI=1S/C13H17N3O2/c1-16-11-3-2-9(4-12(11)18-13(16)17)5-14-6-10-7-15-8-10/h2-4,10,14-15H,5-8H2,1H3. The minimum atomic E-state index is -0.310. The van der Waals surface area contributed by atoms with Crippen LogP contribution in [0.4, 0.5) is 0 Å². The lowest BCUT2D eigenvalue weighted by Crippen LogP contribution is -2.47. The lowest BCUT2D eigenvalue weighted by atomic mass is 10.0. The van der Waals surface area contributed by atoms with E-state index in [1.165, 1.54) is 4.57 Å². The van der Waals surface area contributed by atoms with Crippen molar-refractivity contribution in [3.05, 3.63) is 34.3 Å². The number of oxazole rings is 1. The number of fused-ring (bicyclic) bond motifs is 1. The van der Waals surface area contributed by atoms with Crippen LogP contribution in [0, 0.1) is 5.92 Å². The van der Waals surface area contributed by atoms with Crippen molar-refractivity contribution in [2.75, 3.05) is 19.6 Å². The molecule has 96 valence electrons. The summed E-state index contributed by atoms with van der Waals surface area (Å²) in [6.07, 6.45) is 0. The molecule has 0 aliphatic carbocycles. The smallest absolute Gasteiger partial charge is 0.408 e. The molecule has 1 aromatic carbocycles. The second-order valence-corrected chi connectivity index (χ2v) is 4.88. The average molecular weight is 247 g/mol. The Labute approximate surface area is 105 Å². The summed E-state index contributed by atoms with van der Waals surface area (Å²) in [5.74, 6) is 0.444. The first kappa shape index (κ1) is 11.5. The van der Waals surface area contributed by atoms with Crippen LogP contribution in [0.1, 0.15) is 5.56 Å². The van der Waals surface area contributed by atoms with Gasteiger partial charge in [-0.2, -0.15) is 0 Å². The van der Waals surface area contributed by atoms with E-state index in [2.05, 4.69) is 10.6 Å². The maximum Gasteiger partial charge on any atom is 0.419 e. The highest BCUT2D eigenvalue weighted by atomic mass is 16.4. The molecule has 0 bridgehead atoms. The maximum atomic E-state index is 11.4. The molecule has 0 radical (unpaired) electrons. The number of nitrogens with zero attached hydrogens (tertiary/aromatic N) is 1. The summed E-state index contributed by atoms with van der Waals surface area (Å²) in [6.45, 7) is 4.06. The Kier molecular flexibility index (Phi) is 2.93. The second-order valence-electron chi connectivity index (χ2n) is 4.88. The van der Waals surface area contributed by atoms with Crippen molar-refractivity contribution in [3.63, 3.8) is 0 Å². The van der Waals surface area contributed by atoms with Gasteiger partial charge in [0.05, 0.1) is 5.52 Å². The molecule has 2 N–H and O–H groups in total. The lowest BCUT2D eigenvalue weighted by Gasteiger charge is -2.27. The Hall–Kier alpha value is -1.59. The maximum absolute atomic E-state index is 11.4. The van der Waals surface area contributed by atoms with E-state index in [-0.39, 0.29) is 5.76 Å². The molecule has 1 aromatic heterocycles. The first-order valence-corrected chi connectivity index (χ1v) is 6.24. The number of nitrogens with one attached hydrogen (secondary N) is 2. The predicted octanol–water partition coefficient (Wildman–Crippen LogP) is 0.440. The van der Waals surface area contributed by atoms with Gasteiger partial charge in [-0.25, -0.2) is 4.79 Å². The molecule has 2 heterocycles. The highest BCUT2D eigenvalue weighted by Crippen LogP contribution is 2.14. The third-order valence-corrected chi connectivity index (χ3v) is 3.48. The Morgan fingerprint density at radius 2 is 2.33 bits per heavy atom. The number of aromatic nitrogens is 1. The Balaban J connectivity index is 1.70. The van der Waals surface area contributed by atoms with Gasteiger partial charge in [-0.15, -0.1) is 0 Å². The molecule has 0 unspecified atom stereocenters. The van der Waals surface area contributed by atoms with Crippen molar-refractivity contribution in [1.29, 1.82) is 0 Å². The first-order valence-electron chi connectivity index (χ1n) is 6.24. The summed E-state index contributed by atoms with van der Waals surface area (Å²) in [5, 5.41) is 6.67. The molecule has 1 aliphatic heterocycles. The van der Waals surface area contributed by atoms with Crippen LogP contribution < -0.4 is 16.4 Å². The fourth-order valence-electron chi connectivity index (χ4n) is 2.20. The topological polar surface area (TPSA) is 59.2 Å². The van der Waals surface area contributed by atoms with Gasteiger partial charge in [0.25, 0.3) is 0 Å². The normalized spacial score (nSPS) is 16.1. The van der Waals surface area contributed by atoms with E-state index in [0.29, 0.717) is 5.58 Å². The third-order valence-electron chi connectivity index (χ3n) is 3.48. The third kappa shape index (κ3) is 2.07. The summed E-state index contributed by atoms with van der Waals surface area (Å²) in [5.41, 5.74) is 2.64. The summed E-state index contributed by atoms with van der Waals surface area (Å²) in [4.78, 5) is 11.4. The zero-order chi connectivity index (χ0) is 12.5. The van der Waals surface area contributed by atoms with Crippen molar-refractivity contribution in [2.24, 2.45) is 13.0 Å². The number of hydrogen-bond donors (Lipinski definition) is 2. The van der Waals surface area contributed by atoms with Gasteiger partial charge in [0, 0.05) is 33.2 Å². The van der Waals surface area contributed by atoms with E-state index in [1.54, 1.807) is 7.05 Å². The minimum Gasteiger partial charge on any atom is -0.408 e. The van der Waals surface area contributed by atoms with Gasteiger partial charge < -0.3 is 15.1 Å². The van der Waals surface area contributed by atoms with Crippen LogP contribution in [0.3, 0.4) is 0 Å². The molecule has 1 saturated heterocycles. The van der Waals surface area contributed by atoms with Gasteiger partial charge in [0.15, 0.2) is 5.58 Å². The molecule has 5 heteroatoms. The van der Waals surface area contributed by atoms with Crippen molar-refractivity contribution in [3.8, 4) is 0 Å². The zero-order valence-corrected chi connectivity index (χ0v) is 10.4. The predicted molar refractivity (Wildman–Crippen MR) is 69.5 cm³/mol. The average Bonchev–Trinajstić information content (AvgIpc) is 2.58. The molecule has 0 atom stereocenters. The Morgan fingerprint density at radius 3 is 3.06 bits per heavy atom. The number of aryl methyl sites for hydroxylation is 1. The van der Waals surface area contributed by atoms with E-state index >= 15 is 0 Å². The van der Waals surface area contributed by atoms with Gasteiger partial charge in [-0.05, 0) is 23.6 Å². The van der Waals surface area contributed by atoms with Crippen LogP contribution in [0.2, 0.25) is 0 Å². The fraction of sp³-hybridized carbons (Fsp3) is 0.462. The van der Waals surface area contributed by atoms with Gasteiger partial charge in [0.1, 0.15) is 0 Å². The van der Waals surface area contributed by atoms with E-state index in [4.69, 9.17) is 4.42 Å². The Bertz CT molecular complexity index is 610. The van der Waals surface area contributed by atoms with Gasteiger partial charge in [-0.3, -0.25) is 4.57 Å². The van der Waals surface area contributed by atoms with Crippen molar-refractivity contribution in [1.82, 2.24) is 15.2 Å². The monoisotopic (exact) mass is 247 g/mol. The highest BCUT2D eigenvalue weighted by Gasteiger charge is 2.15. The summed E-state index contributed by atoms with van der Waals surface area (Å²) in [7, 11) is 1.72. The second kappa shape index (κ2) is 4.59. The van der Waals surface area contributed by atoms with Crippen molar-refractivity contribution < 1.29 is 4.42 Å². The van der Waals surface area contributed by atoms with Crippen LogP contribution >= 0.6 is 0 Å². The lowest BCUT2D eigenvalue weighted by molar-refractivity contribution is 0.331. The van der Waals surface area contributed by atoms with E-state index in [1.807, 2.05) is 18.2 Å². The fourth-order valence-corrected chi connectivity index (χ4v) is 2.20. The largest absolute Gasteiger partial charge is 0.419 e. The van der Waals surface area contributed by atoms with E-state index in [0.717, 1.165) is 43.2 Å². The zero-order valence-electron chi connectivity index (χ0n) is 10.4. The molecule has 18 heavy (non-hydrogen) atoms. The molecular formula is C13H17N3O2. The summed E-state index contributed by atoms with van der Waals surface area (Å²) < 4.78 is 6.69. The summed E-state index contributed by atoms with van der Waals surface area (Å²) >= 11 is 0. The molecule has 0 saturated carbocycles. The van der Waals surface area contributed by atoms with Gasteiger partial charge >= 0.3 is 5.76 Å². The van der Waals surface area contributed by atoms with Crippen LogP contribution in [-0.4, -0.2) is 24.2 Å². The molecule has 1 fully saturated rings. The van der Waals surface area contributed by atoms with Gasteiger partial charge in [-0.1, -0.05) is 6.07 Å². The van der Waals surface area contributed by atoms with Crippen LogP contribution in [0.25, 0.3) is 11.1 Å². The molecule has 5 nitrogen and oxygen atoms in total. The number of benzene rings is 1. The highest BCUT2D eigenvalue weighted by molar-refractivity contribution is 5.73. The molecule has 0 amide bonds. The van der Waals surface area contributed by atoms with Crippen molar-refractivity contribution >= 4 is 11.1 Å². The number of hydrogen-bond acceptors (Lipinski definition) is 4. The summed E-state index contributed by atoms with van der Waals surface area (Å²) in [6, 6.07) is 5.90. The van der Waals surface area contributed by atoms with Crippen molar-refractivity contribution in [2.45, 2.75) is 6.54 Å². The van der Waals surface area contributed by atoms with E-state index < -0.39 is 0 Å². The molecular weight excluding hydrogens is 230 g/mol. The molecule has 2 aromatic rings. The molecule has 3 rings (SSSR count). The SMILES string of the molecule is Cn1c(=O)oc2cc(CNCC3CNC3)ccc21. The minimum absolute atomic E-state index is 0.310. The molecule has 1 aliphatic rings.